The van der Waals surface area contributed by atoms with E-state index in [0.717, 1.165) is 16.7 Å². The first-order chi connectivity index (χ1) is 17.4. The van der Waals surface area contributed by atoms with Gasteiger partial charge in [-0.25, -0.2) is 4.98 Å². The van der Waals surface area contributed by atoms with Gasteiger partial charge in [-0.15, -0.1) is 0 Å². The minimum atomic E-state index is -0.323. The number of hydrogen-bond acceptors (Lipinski definition) is 6. The van der Waals surface area contributed by atoms with E-state index in [4.69, 9.17) is 5.73 Å². The SMILES string of the molecule is Cc1c(NC(=O)c2ccc(C(C)(C)C)cc2)cccc1-c1cn(C)c(=O)c(Nc2ccc(O)c(N)c2)n1. The predicted octanol–water partition coefficient (Wildman–Crippen LogP) is 5.34. The third-order valence-corrected chi connectivity index (χ3v) is 6.23. The highest BCUT2D eigenvalue weighted by molar-refractivity contribution is 6.05. The molecule has 0 aliphatic carbocycles. The van der Waals surface area contributed by atoms with E-state index >= 15 is 0 Å². The molecule has 4 rings (SSSR count). The Morgan fingerprint density at radius 2 is 1.76 bits per heavy atom. The van der Waals surface area contributed by atoms with Gasteiger partial charge in [0.1, 0.15) is 5.75 Å². The zero-order valence-electron chi connectivity index (χ0n) is 21.6. The number of hydrogen-bond donors (Lipinski definition) is 4. The summed E-state index contributed by atoms with van der Waals surface area (Å²) < 4.78 is 1.44. The standard InChI is InChI=1S/C29H31N5O3/c1-17-21(7-6-8-23(17)33-27(36)18-9-11-19(12-10-18)29(2,3)4)24-16-34(5)28(37)26(32-24)31-20-13-14-25(35)22(30)15-20/h6-16,35H,30H2,1-5H3,(H,31,32)(H,33,36). The Kier molecular flexibility index (Phi) is 6.76. The third kappa shape index (κ3) is 5.48. The number of amides is 1. The summed E-state index contributed by atoms with van der Waals surface area (Å²) in [4.78, 5) is 30.3. The second-order valence-corrected chi connectivity index (χ2v) is 10.0. The quantitative estimate of drug-likeness (QED) is 0.168. The van der Waals surface area contributed by atoms with Crippen molar-refractivity contribution in [3.8, 4) is 17.0 Å². The van der Waals surface area contributed by atoms with Crippen LogP contribution in [-0.4, -0.2) is 20.6 Å². The first-order valence-electron chi connectivity index (χ1n) is 11.9. The van der Waals surface area contributed by atoms with E-state index in [0.29, 0.717) is 22.6 Å². The van der Waals surface area contributed by atoms with Crippen LogP contribution in [0.1, 0.15) is 42.3 Å². The van der Waals surface area contributed by atoms with Crippen molar-refractivity contribution in [2.24, 2.45) is 7.05 Å². The highest BCUT2D eigenvalue weighted by Gasteiger charge is 2.16. The number of carbonyl (C=O) groups excluding carboxylic acids is 1. The molecule has 0 aliphatic rings. The first-order valence-corrected chi connectivity index (χ1v) is 11.9. The number of phenolic OH excluding ortho intramolecular Hbond substituents is 1. The van der Waals surface area contributed by atoms with E-state index in [-0.39, 0.29) is 34.1 Å². The van der Waals surface area contributed by atoms with Crippen LogP contribution in [0.5, 0.6) is 5.75 Å². The molecule has 0 saturated carbocycles. The van der Waals surface area contributed by atoms with Gasteiger partial charge in [-0.3, -0.25) is 9.59 Å². The van der Waals surface area contributed by atoms with Gasteiger partial charge in [-0.05, 0) is 59.9 Å². The molecule has 8 nitrogen and oxygen atoms in total. The van der Waals surface area contributed by atoms with Gasteiger partial charge >= 0.3 is 0 Å². The van der Waals surface area contributed by atoms with Crippen LogP contribution in [0.15, 0.2) is 71.7 Å². The van der Waals surface area contributed by atoms with Crippen molar-refractivity contribution < 1.29 is 9.90 Å². The smallest absolute Gasteiger partial charge is 0.293 e. The monoisotopic (exact) mass is 497 g/mol. The Balaban J connectivity index is 1.63. The molecule has 0 radical (unpaired) electrons. The number of nitrogens with one attached hydrogen (secondary N) is 2. The molecule has 0 aliphatic heterocycles. The normalized spacial score (nSPS) is 11.3. The molecule has 8 heteroatoms. The molecule has 37 heavy (non-hydrogen) atoms. The number of benzene rings is 3. The molecule has 1 heterocycles. The Morgan fingerprint density at radius 1 is 1.05 bits per heavy atom. The number of carbonyl (C=O) groups is 1. The molecule has 1 aromatic heterocycles. The Morgan fingerprint density at radius 3 is 2.41 bits per heavy atom. The molecule has 0 saturated heterocycles. The number of nitrogens with zero attached hydrogens (tertiary/aromatic N) is 2. The largest absolute Gasteiger partial charge is 0.506 e. The van der Waals surface area contributed by atoms with Crippen molar-refractivity contribution in [3.05, 3.63) is 93.9 Å². The fourth-order valence-corrected chi connectivity index (χ4v) is 3.95. The maximum absolute atomic E-state index is 13.0. The van der Waals surface area contributed by atoms with Gasteiger partial charge in [-0.2, -0.15) is 0 Å². The van der Waals surface area contributed by atoms with Crippen molar-refractivity contribution in [3.63, 3.8) is 0 Å². The number of phenols is 1. The molecule has 1 amide bonds. The summed E-state index contributed by atoms with van der Waals surface area (Å²) in [6, 6.07) is 17.7. The van der Waals surface area contributed by atoms with Crippen LogP contribution in [-0.2, 0) is 12.5 Å². The van der Waals surface area contributed by atoms with Crippen molar-refractivity contribution >= 4 is 28.8 Å². The van der Waals surface area contributed by atoms with E-state index < -0.39 is 0 Å². The van der Waals surface area contributed by atoms with E-state index in [1.807, 2.05) is 49.4 Å². The second-order valence-electron chi connectivity index (χ2n) is 10.0. The van der Waals surface area contributed by atoms with Gasteiger partial charge in [0.25, 0.3) is 11.5 Å². The lowest BCUT2D eigenvalue weighted by atomic mass is 9.86. The van der Waals surface area contributed by atoms with Crippen molar-refractivity contribution in [1.82, 2.24) is 9.55 Å². The topological polar surface area (TPSA) is 122 Å². The van der Waals surface area contributed by atoms with E-state index in [1.54, 1.807) is 19.3 Å². The van der Waals surface area contributed by atoms with E-state index in [1.165, 1.54) is 16.7 Å². The lowest BCUT2D eigenvalue weighted by Gasteiger charge is -2.19. The zero-order chi connectivity index (χ0) is 26.9. The van der Waals surface area contributed by atoms with Crippen LogP contribution in [0.2, 0.25) is 0 Å². The van der Waals surface area contributed by atoms with Gasteiger partial charge in [-0.1, -0.05) is 45.0 Å². The molecular weight excluding hydrogens is 466 g/mol. The van der Waals surface area contributed by atoms with Crippen LogP contribution in [0, 0.1) is 6.92 Å². The van der Waals surface area contributed by atoms with Gasteiger partial charge in [0.15, 0.2) is 5.82 Å². The summed E-state index contributed by atoms with van der Waals surface area (Å²) in [5.41, 5.74) is 10.7. The predicted molar refractivity (Wildman–Crippen MR) is 149 cm³/mol. The third-order valence-electron chi connectivity index (χ3n) is 6.23. The van der Waals surface area contributed by atoms with E-state index in [9.17, 15) is 14.7 Å². The summed E-state index contributed by atoms with van der Waals surface area (Å²) >= 11 is 0. The van der Waals surface area contributed by atoms with E-state index in [2.05, 4.69) is 36.4 Å². The molecule has 0 atom stereocenters. The average molecular weight is 498 g/mol. The first kappa shape index (κ1) is 25.5. The highest BCUT2D eigenvalue weighted by Crippen LogP contribution is 2.29. The Hall–Kier alpha value is -4.59. The molecule has 0 bridgehead atoms. The lowest BCUT2D eigenvalue weighted by molar-refractivity contribution is 0.102. The number of anilines is 4. The summed E-state index contributed by atoms with van der Waals surface area (Å²) in [5, 5.41) is 15.7. The Bertz CT molecular complexity index is 1530. The zero-order valence-corrected chi connectivity index (χ0v) is 21.6. The highest BCUT2D eigenvalue weighted by atomic mass is 16.3. The van der Waals surface area contributed by atoms with Crippen molar-refractivity contribution in [2.75, 3.05) is 16.4 Å². The molecule has 190 valence electrons. The second kappa shape index (κ2) is 9.81. The van der Waals surface area contributed by atoms with Crippen LogP contribution in [0.4, 0.5) is 22.9 Å². The summed E-state index contributed by atoms with van der Waals surface area (Å²) in [5.74, 6) is -0.140. The molecule has 0 spiro atoms. The number of aryl methyl sites for hydroxylation is 1. The van der Waals surface area contributed by atoms with Gasteiger partial charge < -0.3 is 26.0 Å². The fraction of sp³-hybridized carbons (Fsp3) is 0.207. The molecule has 5 N–H and O–H groups in total. The average Bonchev–Trinajstić information content (AvgIpc) is 2.85. The minimum absolute atomic E-state index is 0.00527. The van der Waals surface area contributed by atoms with Crippen LogP contribution in [0.25, 0.3) is 11.3 Å². The number of rotatable bonds is 5. The summed E-state index contributed by atoms with van der Waals surface area (Å²) in [7, 11) is 1.64. The van der Waals surface area contributed by atoms with Crippen LogP contribution >= 0.6 is 0 Å². The minimum Gasteiger partial charge on any atom is -0.506 e. The summed E-state index contributed by atoms with van der Waals surface area (Å²) in [6.07, 6.45) is 1.65. The Labute approximate surface area is 215 Å². The maximum Gasteiger partial charge on any atom is 0.293 e. The summed E-state index contributed by atoms with van der Waals surface area (Å²) in [6.45, 7) is 8.29. The van der Waals surface area contributed by atoms with Crippen molar-refractivity contribution in [2.45, 2.75) is 33.1 Å². The van der Waals surface area contributed by atoms with Crippen molar-refractivity contribution in [1.29, 1.82) is 0 Å². The van der Waals surface area contributed by atoms with Gasteiger partial charge in [0, 0.05) is 35.7 Å². The molecular formula is C29H31N5O3. The van der Waals surface area contributed by atoms with Gasteiger partial charge in [0.05, 0.1) is 11.4 Å². The van der Waals surface area contributed by atoms with Crippen LogP contribution in [0.3, 0.4) is 0 Å². The molecule has 0 fully saturated rings. The number of nitrogen functional groups attached to an aromatic ring is 1. The van der Waals surface area contributed by atoms with Gasteiger partial charge in [0.2, 0.25) is 0 Å². The number of aromatic nitrogens is 2. The molecule has 0 unspecified atom stereocenters. The van der Waals surface area contributed by atoms with Crippen LogP contribution < -0.4 is 21.9 Å². The number of aromatic hydroxyl groups is 1. The lowest BCUT2D eigenvalue weighted by Crippen LogP contribution is -2.21. The fourth-order valence-electron chi connectivity index (χ4n) is 3.95. The maximum atomic E-state index is 13.0. The number of nitrogens with two attached hydrogens (primary N) is 1. The molecule has 3 aromatic carbocycles. The molecule has 4 aromatic rings.